The molecule has 0 radical (unpaired) electrons. The second kappa shape index (κ2) is 6.21. The van der Waals surface area contributed by atoms with Crippen LogP contribution in [0.15, 0.2) is 48.5 Å². The van der Waals surface area contributed by atoms with Gasteiger partial charge in [-0.25, -0.2) is 5.48 Å². The topological polar surface area (TPSA) is 30.5 Å². The normalized spacial score (nSPS) is 11.0. The smallest absolute Gasteiger partial charge is 0.406 e. The first-order valence-corrected chi connectivity index (χ1v) is 6.54. The summed E-state index contributed by atoms with van der Waals surface area (Å²) in [6.45, 7) is 0. The van der Waals surface area contributed by atoms with E-state index in [4.69, 9.17) is 4.84 Å². The minimum Gasteiger partial charge on any atom is -0.406 e. The van der Waals surface area contributed by atoms with Crippen LogP contribution in [0.25, 0.3) is 0 Å². The molecule has 20 heavy (non-hydrogen) atoms. The number of hydrogen-bond donors (Lipinski definition) is 1. The van der Waals surface area contributed by atoms with Gasteiger partial charge in [0.1, 0.15) is 5.75 Å². The molecule has 3 nitrogen and oxygen atoms in total. The van der Waals surface area contributed by atoms with Crippen molar-refractivity contribution in [1.29, 1.82) is 0 Å². The van der Waals surface area contributed by atoms with Crippen LogP contribution in [-0.4, -0.2) is 6.36 Å². The van der Waals surface area contributed by atoms with E-state index in [1.165, 1.54) is 18.2 Å². The highest BCUT2D eigenvalue weighted by molar-refractivity contribution is 14.1. The summed E-state index contributed by atoms with van der Waals surface area (Å²) in [4.78, 5) is 5.20. The van der Waals surface area contributed by atoms with Gasteiger partial charge in [-0.2, -0.15) is 0 Å². The molecule has 0 aliphatic rings. The number of nitrogens with one attached hydrogen (secondary N) is 1. The highest BCUT2D eigenvalue weighted by Crippen LogP contribution is 2.26. The first-order chi connectivity index (χ1) is 9.42. The van der Waals surface area contributed by atoms with E-state index in [-0.39, 0.29) is 11.5 Å². The first kappa shape index (κ1) is 14.8. The third-order valence-corrected chi connectivity index (χ3v) is 2.82. The molecule has 2 rings (SSSR count). The monoisotopic (exact) mass is 395 g/mol. The lowest BCUT2D eigenvalue weighted by atomic mass is 10.3. The lowest BCUT2D eigenvalue weighted by Crippen LogP contribution is -2.17. The van der Waals surface area contributed by atoms with Gasteiger partial charge in [0.05, 0.1) is 5.69 Å². The molecule has 0 bridgehead atoms. The molecule has 1 N–H and O–H groups in total. The molecule has 106 valence electrons. The molecule has 2 aromatic rings. The number of rotatable bonds is 4. The summed E-state index contributed by atoms with van der Waals surface area (Å²) < 4.78 is 41.1. The van der Waals surface area contributed by atoms with Crippen molar-refractivity contribution < 1.29 is 22.7 Å². The van der Waals surface area contributed by atoms with Gasteiger partial charge in [0.2, 0.25) is 0 Å². The van der Waals surface area contributed by atoms with Crippen molar-refractivity contribution in [2.45, 2.75) is 6.36 Å². The van der Waals surface area contributed by atoms with Gasteiger partial charge in [0.25, 0.3) is 0 Å². The Bertz CT molecular complexity index is 590. The summed E-state index contributed by atoms with van der Waals surface area (Å²) in [7, 11) is 0. The van der Waals surface area contributed by atoms with Crippen molar-refractivity contribution in [3.8, 4) is 11.5 Å². The highest BCUT2D eigenvalue weighted by Gasteiger charge is 2.31. The Labute approximate surface area is 126 Å². The van der Waals surface area contributed by atoms with E-state index in [2.05, 4.69) is 32.8 Å². The zero-order valence-electron chi connectivity index (χ0n) is 9.95. The zero-order chi connectivity index (χ0) is 14.6. The van der Waals surface area contributed by atoms with Crippen molar-refractivity contribution >= 4 is 28.3 Å². The van der Waals surface area contributed by atoms with Crippen LogP contribution in [0.3, 0.4) is 0 Å². The summed E-state index contributed by atoms with van der Waals surface area (Å²) in [6.07, 6.45) is -4.72. The molecule has 0 aromatic heterocycles. The fourth-order valence-electron chi connectivity index (χ4n) is 1.40. The van der Waals surface area contributed by atoms with E-state index in [0.717, 1.165) is 9.64 Å². The molecule has 0 amide bonds. The van der Waals surface area contributed by atoms with Crippen molar-refractivity contribution in [2.24, 2.45) is 0 Å². The number of ether oxygens (including phenoxy) is 1. The van der Waals surface area contributed by atoms with Crippen LogP contribution in [0.1, 0.15) is 0 Å². The molecular weight excluding hydrogens is 386 g/mol. The second-order valence-electron chi connectivity index (χ2n) is 3.74. The van der Waals surface area contributed by atoms with Crippen molar-refractivity contribution in [3.05, 3.63) is 52.1 Å². The highest BCUT2D eigenvalue weighted by atomic mass is 127. The fourth-order valence-corrected chi connectivity index (χ4v) is 1.95. The summed E-state index contributed by atoms with van der Waals surface area (Å²) in [5, 5.41) is 0. The molecule has 0 atom stereocenters. The number of benzene rings is 2. The van der Waals surface area contributed by atoms with Crippen LogP contribution in [0.4, 0.5) is 18.9 Å². The number of halogens is 4. The van der Waals surface area contributed by atoms with Crippen LogP contribution in [-0.2, 0) is 0 Å². The summed E-state index contributed by atoms with van der Waals surface area (Å²) in [5.74, 6) is -0.120. The maximum atomic E-state index is 12.1. The molecule has 7 heteroatoms. The van der Waals surface area contributed by atoms with Crippen LogP contribution in [0, 0.1) is 3.57 Å². The van der Waals surface area contributed by atoms with Crippen LogP contribution < -0.4 is 15.1 Å². The van der Waals surface area contributed by atoms with E-state index in [9.17, 15) is 13.2 Å². The van der Waals surface area contributed by atoms with Crippen LogP contribution in [0.5, 0.6) is 11.5 Å². The second-order valence-corrected chi connectivity index (χ2v) is 4.98. The number of hydrogen-bond acceptors (Lipinski definition) is 3. The van der Waals surface area contributed by atoms with E-state index in [1.807, 2.05) is 18.2 Å². The third-order valence-electron chi connectivity index (χ3n) is 2.15. The van der Waals surface area contributed by atoms with Crippen molar-refractivity contribution in [3.63, 3.8) is 0 Å². The zero-order valence-corrected chi connectivity index (χ0v) is 12.1. The summed E-state index contributed by atoms with van der Waals surface area (Å²) in [6, 6.07) is 12.6. The predicted octanol–water partition coefficient (Wildman–Crippen LogP) is 4.60. The Hall–Kier alpha value is -1.64. The molecule has 0 saturated carbocycles. The minimum atomic E-state index is -4.72. The molecule has 0 saturated heterocycles. The molecule has 2 aromatic carbocycles. The quantitative estimate of drug-likeness (QED) is 0.607. The Morgan fingerprint density at radius 1 is 0.950 bits per heavy atom. The molecular formula is C13H9F3INO2. The first-order valence-electron chi connectivity index (χ1n) is 5.47. The largest absolute Gasteiger partial charge is 0.573 e. The Morgan fingerprint density at radius 3 is 2.35 bits per heavy atom. The molecule has 0 fully saturated rings. The Kier molecular flexibility index (Phi) is 4.58. The maximum absolute atomic E-state index is 12.1. The van der Waals surface area contributed by atoms with Gasteiger partial charge in [0.15, 0.2) is 5.75 Å². The SMILES string of the molecule is FC(F)(F)Oc1cccc(ONc2cccc(I)c2)c1. The molecule has 0 spiro atoms. The van der Waals surface area contributed by atoms with Gasteiger partial charge in [-0.15, -0.1) is 13.2 Å². The number of anilines is 1. The third kappa shape index (κ3) is 4.80. The van der Waals surface area contributed by atoms with Crippen LogP contribution in [0.2, 0.25) is 0 Å². The average Bonchev–Trinajstić information content (AvgIpc) is 2.35. The maximum Gasteiger partial charge on any atom is 0.573 e. The van der Waals surface area contributed by atoms with Gasteiger partial charge in [0, 0.05) is 9.64 Å². The lowest BCUT2D eigenvalue weighted by molar-refractivity contribution is -0.274. The van der Waals surface area contributed by atoms with Gasteiger partial charge in [-0.3, -0.25) is 0 Å². The lowest BCUT2D eigenvalue weighted by Gasteiger charge is -2.11. The fraction of sp³-hybridized carbons (Fsp3) is 0.0769. The Morgan fingerprint density at radius 2 is 1.65 bits per heavy atom. The van der Waals surface area contributed by atoms with E-state index >= 15 is 0 Å². The van der Waals surface area contributed by atoms with Crippen molar-refractivity contribution in [1.82, 2.24) is 0 Å². The molecule has 0 heterocycles. The molecule has 0 unspecified atom stereocenters. The standard InChI is InChI=1S/C13H9F3INO2/c14-13(15,16)19-11-5-2-6-12(8-11)20-18-10-4-1-3-9(17)7-10/h1-8,18H. The molecule has 0 aliphatic carbocycles. The summed E-state index contributed by atoms with van der Waals surface area (Å²) in [5.41, 5.74) is 3.34. The van der Waals surface area contributed by atoms with E-state index in [0.29, 0.717) is 5.69 Å². The van der Waals surface area contributed by atoms with Gasteiger partial charge in [-0.05, 0) is 52.9 Å². The van der Waals surface area contributed by atoms with Gasteiger partial charge >= 0.3 is 6.36 Å². The van der Waals surface area contributed by atoms with Crippen molar-refractivity contribution in [2.75, 3.05) is 5.48 Å². The van der Waals surface area contributed by atoms with Gasteiger partial charge < -0.3 is 9.57 Å². The summed E-state index contributed by atoms with van der Waals surface area (Å²) >= 11 is 2.14. The minimum absolute atomic E-state index is 0.214. The van der Waals surface area contributed by atoms with Gasteiger partial charge in [-0.1, -0.05) is 12.1 Å². The average molecular weight is 395 g/mol. The number of alkyl halides is 3. The Balaban J connectivity index is 2.01. The molecule has 0 aliphatic heterocycles. The van der Waals surface area contributed by atoms with Crippen LogP contribution >= 0.6 is 22.6 Å². The van der Waals surface area contributed by atoms with E-state index in [1.54, 1.807) is 6.07 Å². The van der Waals surface area contributed by atoms with E-state index < -0.39 is 6.36 Å². The predicted molar refractivity (Wildman–Crippen MR) is 76.5 cm³/mol.